The summed E-state index contributed by atoms with van der Waals surface area (Å²) in [7, 11) is 0. The summed E-state index contributed by atoms with van der Waals surface area (Å²) in [6, 6.07) is 7.25. The van der Waals surface area contributed by atoms with Gasteiger partial charge in [-0.25, -0.2) is 14.4 Å². The molecule has 0 aliphatic carbocycles. The normalized spacial score (nSPS) is 17.4. The minimum atomic E-state index is -4.45. The predicted molar refractivity (Wildman–Crippen MR) is 118 cm³/mol. The number of rotatable bonds is 6. The van der Waals surface area contributed by atoms with E-state index in [2.05, 4.69) is 20.3 Å². The summed E-state index contributed by atoms with van der Waals surface area (Å²) in [4.78, 5) is 26.0. The maximum atomic E-state index is 13.6. The molecular weight excluding hydrogens is 440 g/mol. The molecular formula is C22H24F4N6O. The van der Waals surface area contributed by atoms with Crippen LogP contribution in [0, 0.1) is 5.82 Å². The second kappa shape index (κ2) is 10.4. The molecule has 11 heteroatoms. The lowest BCUT2D eigenvalue weighted by Gasteiger charge is -2.31. The van der Waals surface area contributed by atoms with Gasteiger partial charge < -0.3 is 16.0 Å². The van der Waals surface area contributed by atoms with Gasteiger partial charge in [0.15, 0.2) is 0 Å². The molecule has 1 aliphatic heterocycles. The fourth-order valence-electron chi connectivity index (χ4n) is 3.49. The minimum Gasteiger partial charge on any atom is -0.404 e. The average Bonchev–Trinajstić information content (AvgIpc) is 2.76. The zero-order valence-corrected chi connectivity index (χ0v) is 17.9. The standard InChI is InChI=1S/C22H24F4N6O/c1-14(33)32-7-3-4-15(12-32)21-30-19(16(10-27)11-28-13-22(24,25)26)9-20(31-21)29-18-6-2-5-17(23)8-18/h2,5-6,8-11,15H,3-4,7,12-13,27H2,1H3,(H,29,30,31)/b16-10+,28-11?. The summed E-state index contributed by atoms with van der Waals surface area (Å²) in [6.45, 7) is 1.19. The highest BCUT2D eigenvalue weighted by atomic mass is 19.4. The van der Waals surface area contributed by atoms with Gasteiger partial charge in [0.2, 0.25) is 5.91 Å². The molecule has 0 saturated carbocycles. The van der Waals surface area contributed by atoms with Crippen molar-refractivity contribution in [3.8, 4) is 0 Å². The van der Waals surface area contributed by atoms with Crippen LogP contribution >= 0.6 is 0 Å². The van der Waals surface area contributed by atoms with E-state index in [-0.39, 0.29) is 23.1 Å². The van der Waals surface area contributed by atoms with Gasteiger partial charge in [-0.3, -0.25) is 9.79 Å². The fourth-order valence-corrected chi connectivity index (χ4v) is 3.49. The Kier molecular flexibility index (Phi) is 7.62. The number of carbonyl (C=O) groups excluding carboxylic acids is 1. The van der Waals surface area contributed by atoms with Crippen LogP contribution in [0.3, 0.4) is 0 Å². The van der Waals surface area contributed by atoms with Crippen molar-refractivity contribution in [1.29, 1.82) is 0 Å². The lowest BCUT2D eigenvalue weighted by molar-refractivity contribution is -0.130. The van der Waals surface area contributed by atoms with E-state index in [1.165, 1.54) is 31.2 Å². The van der Waals surface area contributed by atoms with E-state index in [0.29, 0.717) is 30.4 Å². The Hall–Kier alpha value is -3.50. The quantitative estimate of drug-likeness (QED) is 0.497. The Morgan fingerprint density at radius 1 is 1.33 bits per heavy atom. The highest BCUT2D eigenvalue weighted by Crippen LogP contribution is 2.28. The minimum absolute atomic E-state index is 0.0595. The second-order valence-corrected chi connectivity index (χ2v) is 7.64. The Morgan fingerprint density at radius 2 is 2.12 bits per heavy atom. The molecule has 2 heterocycles. The second-order valence-electron chi connectivity index (χ2n) is 7.64. The molecule has 33 heavy (non-hydrogen) atoms. The molecule has 1 saturated heterocycles. The third-order valence-corrected chi connectivity index (χ3v) is 5.05. The van der Waals surface area contributed by atoms with Gasteiger partial charge in [-0.05, 0) is 31.0 Å². The Bertz CT molecular complexity index is 1050. The number of aromatic nitrogens is 2. The third-order valence-electron chi connectivity index (χ3n) is 5.05. The first-order valence-electron chi connectivity index (χ1n) is 10.3. The Balaban J connectivity index is 1.97. The molecule has 1 atom stereocenters. The maximum Gasteiger partial charge on any atom is 0.407 e. The SMILES string of the molecule is CC(=O)N1CCCC(c2nc(Nc3cccc(F)c3)cc(/C(C=NCC(F)(F)F)=C/N)n2)C1. The lowest BCUT2D eigenvalue weighted by Crippen LogP contribution is -2.38. The molecule has 176 valence electrons. The van der Waals surface area contributed by atoms with Crippen molar-refractivity contribution in [1.82, 2.24) is 14.9 Å². The van der Waals surface area contributed by atoms with E-state index in [0.717, 1.165) is 25.3 Å². The smallest absolute Gasteiger partial charge is 0.404 e. The zero-order chi connectivity index (χ0) is 24.0. The van der Waals surface area contributed by atoms with Gasteiger partial charge in [-0.2, -0.15) is 13.2 Å². The molecule has 1 fully saturated rings. The highest BCUT2D eigenvalue weighted by molar-refractivity contribution is 6.09. The summed E-state index contributed by atoms with van der Waals surface area (Å²) in [5.74, 6) is 0.0309. The van der Waals surface area contributed by atoms with Gasteiger partial charge in [-0.1, -0.05) is 6.07 Å². The van der Waals surface area contributed by atoms with Crippen LogP contribution in [0.4, 0.5) is 29.1 Å². The number of nitrogens with two attached hydrogens (primary N) is 1. The molecule has 1 aromatic carbocycles. The number of halogens is 4. The summed E-state index contributed by atoms with van der Waals surface area (Å²) in [5, 5.41) is 2.99. The van der Waals surface area contributed by atoms with Crippen molar-refractivity contribution in [3.63, 3.8) is 0 Å². The number of nitrogens with zero attached hydrogens (tertiary/aromatic N) is 4. The first-order valence-corrected chi connectivity index (χ1v) is 10.3. The molecule has 3 N–H and O–H groups in total. The van der Waals surface area contributed by atoms with Crippen LogP contribution in [-0.2, 0) is 4.79 Å². The van der Waals surface area contributed by atoms with Crippen LogP contribution in [0.15, 0.2) is 41.5 Å². The van der Waals surface area contributed by atoms with Crippen molar-refractivity contribution >= 4 is 29.2 Å². The van der Waals surface area contributed by atoms with Crippen molar-refractivity contribution in [2.75, 3.05) is 25.0 Å². The van der Waals surface area contributed by atoms with E-state index >= 15 is 0 Å². The Labute approximate surface area is 188 Å². The monoisotopic (exact) mass is 464 g/mol. The van der Waals surface area contributed by atoms with Crippen LogP contribution in [0.25, 0.3) is 5.57 Å². The maximum absolute atomic E-state index is 13.6. The van der Waals surface area contributed by atoms with Gasteiger partial charge in [-0.15, -0.1) is 0 Å². The number of likely N-dealkylation sites (tertiary alicyclic amines) is 1. The van der Waals surface area contributed by atoms with Gasteiger partial charge in [0.1, 0.15) is 24.0 Å². The van der Waals surface area contributed by atoms with Gasteiger partial charge in [0.05, 0.1) is 5.69 Å². The predicted octanol–water partition coefficient (Wildman–Crippen LogP) is 4.02. The molecule has 0 radical (unpaired) electrons. The number of amides is 1. The molecule has 1 aromatic heterocycles. The number of carbonyl (C=O) groups is 1. The van der Waals surface area contributed by atoms with Crippen LogP contribution in [0.2, 0.25) is 0 Å². The molecule has 1 unspecified atom stereocenters. The van der Waals surface area contributed by atoms with E-state index in [9.17, 15) is 22.4 Å². The van der Waals surface area contributed by atoms with Crippen LogP contribution in [0.1, 0.15) is 37.2 Å². The summed E-state index contributed by atoms with van der Waals surface area (Å²) < 4.78 is 51.1. The molecule has 3 rings (SSSR count). The van der Waals surface area contributed by atoms with Gasteiger partial charge in [0.25, 0.3) is 0 Å². The Morgan fingerprint density at radius 3 is 2.79 bits per heavy atom. The average molecular weight is 464 g/mol. The topological polar surface area (TPSA) is 96.5 Å². The highest BCUT2D eigenvalue weighted by Gasteiger charge is 2.27. The largest absolute Gasteiger partial charge is 0.407 e. The molecule has 0 bridgehead atoms. The number of allylic oxidation sites excluding steroid dienone is 1. The number of hydrogen-bond donors (Lipinski definition) is 2. The van der Waals surface area contributed by atoms with Gasteiger partial charge in [0, 0.05) is 55.7 Å². The summed E-state index contributed by atoms with van der Waals surface area (Å²) in [6.07, 6.45) is -0.835. The van der Waals surface area contributed by atoms with Gasteiger partial charge >= 0.3 is 6.18 Å². The summed E-state index contributed by atoms with van der Waals surface area (Å²) in [5.41, 5.74) is 6.51. The van der Waals surface area contributed by atoms with E-state index in [1.54, 1.807) is 11.0 Å². The number of piperidine rings is 1. The molecule has 2 aromatic rings. The van der Waals surface area contributed by atoms with Crippen molar-refractivity contribution in [2.45, 2.75) is 31.9 Å². The van der Waals surface area contributed by atoms with E-state index < -0.39 is 18.5 Å². The fraction of sp³-hybridized carbons (Fsp3) is 0.364. The van der Waals surface area contributed by atoms with E-state index in [4.69, 9.17) is 5.73 Å². The number of nitrogens with one attached hydrogen (secondary N) is 1. The first-order chi connectivity index (χ1) is 15.6. The number of hydrogen-bond acceptors (Lipinski definition) is 6. The number of aliphatic imine (C=N–C) groups is 1. The molecule has 0 spiro atoms. The van der Waals surface area contributed by atoms with Crippen molar-refractivity contribution < 1.29 is 22.4 Å². The number of anilines is 2. The number of benzene rings is 1. The molecule has 1 amide bonds. The lowest BCUT2D eigenvalue weighted by atomic mass is 9.97. The molecule has 7 nitrogen and oxygen atoms in total. The first kappa shape index (κ1) is 24.1. The van der Waals surface area contributed by atoms with E-state index in [1.807, 2.05) is 0 Å². The molecule has 1 aliphatic rings. The third kappa shape index (κ3) is 6.99. The van der Waals surface area contributed by atoms with Crippen LogP contribution in [0.5, 0.6) is 0 Å². The van der Waals surface area contributed by atoms with Crippen molar-refractivity contribution in [3.05, 3.63) is 53.9 Å². The van der Waals surface area contributed by atoms with Crippen LogP contribution < -0.4 is 11.1 Å². The summed E-state index contributed by atoms with van der Waals surface area (Å²) >= 11 is 0. The zero-order valence-electron chi connectivity index (χ0n) is 17.9. The number of alkyl halides is 3. The van der Waals surface area contributed by atoms with Crippen LogP contribution in [-0.4, -0.2) is 52.8 Å². The van der Waals surface area contributed by atoms with Crippen molar-refractivity contribution in [2.24, 2.45) is 10.7 Å².